The number of sulfonamides is 1. The van der Waals surface area contributed by atoms with Crippen LogP contribution >= 0.6 is 0 Å². The van der Waals surface area contributed by atoms with Crippen LogP contribution in [0.3, 0.4) is 0 Å². The van der Waals surface area contributed by atoms with Gasteiger partial charge in [0.25, 0.3) is 0 Å². The van der Waals surface area contributed by atoms with E-state index in [1.165, 1.54) is 37.3 Å². The average molecular weight is 413 g/mol. The van der Waals surface area contributed by atoms with E-state index in [1.807, 2.05) is 6.07 Å². The summed E-state index contributed by atoms with van der Waals surface area (Å²) in [7, 11) is -3.42. The number of phenolic OH excluding ortho intramolecular Hbond substituents is 1. The van der Waals surface area contributed by atoms with Crippen LogP contribution in [0.25, 0.3) is 10.8 Å². The van der Waals surface area contributed by atoms with Crippen LogP contribution in [0.15, 0.2) is 60.7 Å². The fraction of sp³-hybridized carbons (Fsp3) is 0.143. The van der Waals surface area contributed by atoms with Gasteiger partial charge < -0.3 is 9.84 Å². The summed E-state index contributed by atoms with van der Waals surface area (Å²) in [5.41, 5.74) is 0.540. The van der Waals surface area contributed by atoms with Crippen LogP contribution in [-0.2, 0) is 14.8 Å². The number of ether oxygens (including phenoxy) is 1. The second kappa shape index (κ2) is 7.92. The van der Waals surface area contributed by atoms with Crippen molar-refractivity contribution in [1.82, 2.24) is 0 Å². The van der Waals surface area contributed by atoms with E-state index < -0.39 is 27.9 Å². The molecule has 0 aliphatic heterocycles. The quantitative estimate of drug-likeness (QED) is 0.474. The molecule has 8 heteroatoms. The van der Waals surface area contributed by atoms with Crippen LogP contribution in [0.4, 0.5) is 5.69 Å². The maximum atomic E-state index is 12.5. The summed E-state index contributed by atoms with van der Waals surface area (Å²) in [6.45, 7) is 1.43. The minimum absolute atomic E-state index is 0.0314. The molecule has 0 aliphatic rings. The molecule has 0 aromatic heterocycles. The normalized spacial score (nSPS) is 12.3. The SMILES string of the molecule is C[C@@H](OC(=O)c1ccc2ccccc2c1O)C(=O)c1ccc(NS(C)(=O)=O)cc1. The Hall–Kier alpha value is -3.39. The molecule has 0 bridgehead atoms. The Balaban J connectivity index is 1.74. The highest BCUT2D eigenvalue weighted by Crippen LogP contribution is 2.29. The first kappa shape index (κ1) is 20.3. The minimum Gasteiger partial charge on any atom is -0.506 e. The lowest BCUT2D eigenvalue weighted by atomic mass is 10.0. The molecule has 0 spiro atoms. The molecule has 2 N–H and O–H groups in total. The molecule has 0 unspecified atom stereocenters. The predicted molar refractivity (Wildman–Crippen MR) is 110 cm³/mol. The summed E-state index contributed by atoms with van der Waals surface area (Å²) in [5.74, 6) is -1.47. The van der Waals surface area contributed by atoms with Gasteiger partial charge in [-0.3, -0.25) is 9.52 Å². The van der Waals surface area contributed by atoms with Gasteiger partial charge in [0.05, 0.1) is 6.26 Å². The maximum absolute atomic E-state index is 12.5. The van der Waals surface area contributed by atoms with Crippen molar-refractivity contribution in [3.05, 3.63) is 71.8 Å². The summed E-state index contributed by atoms with van der Waals surface area (Å²) in [5, 5.41) is 11.7. The van der Waals surface area contributed by atoms with E-state index in [4.69, 9.17) is 4.74 Å². The minimum atomic E-state index is -3.42. The Morgan fingerprint density at radius 2 is 1.66 bits per heavy atom. The van der Waals surface area contributed by atoms with Crippen LogP contribution in [0.5, 0.6) is 5.75 Å². The smallest absolute Gasteiger partial charge is 0.342 e. The Bertz CT molecular complexity index is 1190. The predicted octanol–water partition coefficient (Wildman–Crippen LogP) is 3.35. The molecule has 0 radical (unpaired) electrons. The number of carbonyl (C=O) groups excluding carboxylic acids is 2. The molecule has 3 rings (SSSR count). The van der Waals surface area contributed by atoms with Crippen molar-refractivity contribution < 1.29 is 27.9 Å². The number of rotatable bonds is 6. The molecular weight excluding hydrogens is 394 g/mol. The molecule has 0 heterocycles. The Kier molecular flexibility index (Phi) is 5.56. The van der Waals surface area contributed by atoms with Gasteiger partial charge in [-0.15, -0.1) is 0 Å². The van der Waals surface area contributed by atoms with E-state index >= 15 is 0 Å². The van der Waals surface area contributed by atoms with Crippen LogP contribution in [0, 0.1) is 0 Å². The third-order valence-corrected chi connectivity index (χ3v) is 4.85. The van der Waals surface area contributed by atoms with Gasteiger partial charge in [0.2, 0.25) is 15.8 Å². The number of nitrogens with one attached hydrogen (secondary N) is 1. The van der Waals surface area contributed by atoms with E-state index in [0.29, 0.717) is 11.1 Å². The number of esters is 1. The number of carbonyl (C=O) groups is 2. The summed E-state index contributed by atoms with van der Waals surface area (Å²) < 4.78 is 30.0. The highest BCUT2D eigenvalue weighted by atomic mass is 32.2. The zero-order valence-electron chi connectivity index (χ0n) is 15.7. The van der Waals surface area contributed by atoms with E-state index in [9.17, 15) is 23.1 Å². The largest absolute Gasteiger partial charge is 0.506 e. The second-order valence-corrected chi connectivity index (χ2v) is 8.29. The Morgan fingerprint density at radius 1 is 1.00 bits per heavy atom. The molecule has 1 atom stereocenters. The molecule has 3 aromatic carbocycles. The van der Waals surface area contributed by atoms with Gasteiger partial charge in [-0.1, -0.05) is 30.3 Å². The first-order valence-electron chi connectivity index (χ1n) is 8.69. The van der Waals surface area contributed by atoms with Crippen LogP contribution in [0.2, 0.25) is 0 Å². The molecule has 0 saturated heterocycles. The van der Waals surface area contributed by atoms with Crippen LogP contribution in [-0.4, -0.2) is 37.6 Å². The number of hydrogen-bond acceptors (Lipinski definition) is 6. The van der Waals surface area contributed by atoms with Gasteiger partial charge in [0.1, 0.15) is 11.3 Å². The molecule has 29 heavy (non-hydrogen) atoms. The van der Waals surface area contributed by atoms with Crippen molar-refractivity contribution in [2.75, 3.05) is 11.0 Å². The average Bonchev–Trinajstić information content (AvgIpc) is 2.67. The monoisotopic (exact) mass is 413 g/mol. The summed E-state index contributed by atoms with van der Waals surface area (Å²) in [6, 6.07) is 15.9. The fourth-order valence-corrected chi connectivity index (χ4v) is 3.41. The number of Topliss-reactive ketones (excluding diaryl/α,β-unsaturated/α-hetero) is 1. The lowest BCUT2D eigenvalue weighted by Gasteiger charge is -2.14. The van der Waals surface area contributed by atoms with Gasteiger partial charge in [-0.2, -0.15) is 0 Å². The van der Waals surface area contributed by atoms with Gasteiger partial charge in [-0.25, -0.2) is 13.2 Å². The highest BCUT2D eigenvalue weighted by Gasteiger charge is 2.23. The van der Waals surface area contributed by atoms with Gasteiger partial charge in [0.15, 0.2) is 6.10 Å². The number of fused-ring (bicyclic) bond motifs is 1. The van der Waals surface area contributed by atoms with Crippen LogP contribution in [0.1, 0.15) is 27.6 Å². The third kappa shape index (κ3) is 4.72. The summed E-state index contributed by atoms with van der Waals surface area (Å²) in [6.07, 6.45) is -0.0717. The number of benzene rings is 3. The Labute approximate surface area is 168 Å². The molecule has 0 aliphatic carbocycles. The number of aromatic hydroxyl groups is 1. The number of anilines is 1. The van der Waals surface area contributed by atoms with Gasteiger partial charge in [-0.05, 0) is 42.6 Å². The van der Waals surface area contributed by atoms with Crippen LogP contribution < -0.4 is 4.72 Å². The molecule has 7 nitrogen and oxygen atoms in total. The van der Waals surface area contributed by atoms with Gasteiger partial charge in [0, 0.05) is 16.6 Å². The first-order valence-corrected chi connectivity index (χ1v) is 10.6. The number of ketones is 1. The fourth-order valence-electron chi connectivity index (χ4n) is 2.85. The summed E-state index contributed by atoms with van der Waals surface area (Å²) >= 11 is 0. The Morgan fingerprint density at radius 3 is 2.31 bits per heavy atom. The van der Waals surface area contributed by atoms with Gasteiger partial charge >= 0.3 is 5.97 Å². The lowest BCUT2D eigenvalue weighted by Crippen LogP contribution is -2.24. The standard InChI is InChI=1S/C21H19NO6S/c1-13(19(23)15-7-10-16(11-8-15)22-29(2,26)27)28-21(25)18-12-9-14-5-3-4-6-17(14)20(18)24/h3-13,22,24H,1-2H3/t13-/m1/s1. The molecule has 0 fully saturated rings. The van der Waals surface area contributed by atoms with E-state index in [2.05, 4.69) is 4.72 Å². The molecule has 0 amide bonds. The van der Waals surface area contributed by atoms with Crippen molar-refractivity contribution in [3.63, 3.8) is 0 Å². The van der Waals surface area contributed by atoms with Crippen molar-refractivity contribution in [2.45, 2.75) is 13.0 Å². The second-order valence-electron chi connectivity index (χ2n) is 6.55. The molecular formula is C21H19NO6S. The zero-order valence-corrected chi connectivity index (χ0v) is 16.6. The number of hydrogen-bond donors (Lipinski definition) is 2. The molecule has 150 valence electrons. The number of phenols is 1. The summed E-state index contributed by atoms with van der Waals surface area (Å²) in [4.78, 5) is 25.0. The van der Waals surface area contributed by atoms with Crippen molar-refractivity contribution in [2.24, 2.45) is 0 Å². The van der Waals surface area contributed by atoms with E-state index in [0.717, 1.165) is 11.6 Å². The van der Waals surface area contributed by atoms with Crippen molar-refractivity contribution >= 4 is 38.2 Å². The topological polar surface area (TPSA) is 110 Å². The van der Waals surface area contributed by atoms with Crippen molar-refractivity contribution in [1.29, 1.82) is 0 Å². The first-order chi connectivity index (χ1) is 13.7. The van der Waals surface area contributed by atoms with Crippen molar-refractivity contribution in [3.8, 4) is 5.75 Å². The van der Waals surface area contributed by atoms with E-state index in [1.54, 1.807) is 24.3 Å². The lowest BCUT2D eigenvalue weighted by molar-refractivity contribution is 0.0316. The maximum Gasteiger partial charge on any atom is 0.342 e. The van der Waals surface area contributed by atoms with E-state index in [-0.39, 0.29) is 16.9 Å². The third-order valence-electron chi connectivity index (χ3n) is 4.25. The zero-order chi connectivity index (χ0) is 21.2. The molecule has 3 aromatic rings. The highest BCUT2D eigenvalue weighted by molar-refractivity contribution is 7.92. The molecule has 0 saturated carbocycles.